The second-order valence-corrected chi connectivity index (χ2v) is 8.33. The zero-order chi connectivity index (χ0) is 15.4. The van der Waals surface area contributed by atoms with Gasteiger partial charge in [-0.3, -0.25) is 4.90 Å². The van der Waals surface area contributed by atoms with E-state index in [2.05, 4.69) is 44.8 Å². The molecule has 0 radical (unpaired) electrons. The molecule has 1 saturated heterocycles. The van der Waals surface area contributed by atoms with Gasteiger partial charge in [0.25, 0.3) is 0 Å². The number of rotatable bonds is 5. The first-order valence-corrected chi connectivity index (χ1v) is 9.50. The minimum atomic E-state index is 0.712. The Morgan fingerprint density at radius 1 is 1.05 bits per heavy atom. The smallest absolute Gasteiger partial charge is 0.0247 e. The number of hydrogen-bond acceptors (Lipinski definition) is 2. The topological polar surface area (TPSA) is 15.3 Å². The third kappa shape index (κ3) is 4.69. The summed E-state index contributed by atoms with van der Waals surface area (Å²) in [6, 6.07) is 2.32. The van der Waals surface area contributed by atoms with E-state index in [1.165, 1.54) is 51.6 Å². The standard InChI is InChI=1S/C19H38N2/c1-6-16-7-9-18(10-8-16)21-13-17(11-14(2)3)20-12-19(21)15(4)5/h14-20H,6-13H2,1-5H3. The summed E-state index contributed by atoms with van der Waals surface area (Å²) < 4.78 is 0. The summed E-state index contributed by atoms with van der Waals surface area (Å²) in [4.78, 5) is 2.90. The summed E-state index contributed by atoms with van der Waals surface area (Å²) in [5.74, 6) is 2.57. The average molecular weight is 295 g/mol. The number of nitrogens with zero attached hydrogens (tertiary/aromatic N) is 1. The van der Waals surface area contributed by atoms with Crippen LogP contribution in [-0.2, 0) is 0 Å². The number of piperazine rings is 1. The molecule has 1 heterocycles. The minimum absolute atomic E-state index is 0.712. The molecule has 0 amide bonds. The average Bonchev–Trinajstić information content (AvgIpc) is 2.46. The molecule has 1 aliphatic heterocycles. The van der Waals surface area contributed by atoms with Gasteiger partial charge in [0.1, 0.15) is 0 Å². The molecule has 2 heteroatoms. The van der Waals surface area contributed by atoms with Crippen LogP contribution in [-0.4, -0.2) is 36.1 Å². The van der Waals surface area contributed by atoms with Gasteiger partial charge < -0.3 is 5.32 Å². The molecule has 0 spiro atoms. The van der Waals surface area contributed by atoms with Crippen molar-refractivity contribution in [2.45, 2.75) is 91.3 Å². The van der Waals surface area contributed by atoms with Gasteiger partial charge in [-0.25, -0.2) is 0 Å². The fraction of sp³-hybridized carbons (Fsp3) is 1.00. The van der Waals surface area contributed by atoms with Crippen molar-refractivity contribution in [3.63, 3.8) is 0 Å². The Balaban J connectivity index is 1.97. The summed E-state index contributed by atoms with van der Waals surface area (Å²) in [6.45, 7) is 14.4. The Bertz CT molecular complexity index is 292. The van der Waals surface area contributed by atoms with Crippen molar-refractivity contribution in [2.24, 2.45) is 17.8 Å². The molecule has 1 N–H and O–H groups in total. The Morgan fingerprint density at radius 2 is 1.71 bits per heavy atom. The molecule has 2 unspecified atom stereocenters. The van der Waals surface area contributed by atoms with Gasteiger partial charge in [0.15, 0.2) is 0 Å². The monoisotopic (exact) mass is 294 g/mol. The molecule has 0 aromatic heterocycles. The molecule has 0 aromatic rings. The lowest BCUT2D eigenvalue weighted by Gasteiger charge is -2.48. The van der Waals surface area contributed by atoms with Crippen molar-refractivity contribution in [3.8, 4) is 0 Å². The first-order chi connectivity index (χ1) is 10.0. The van der Waals surface area contributed by atoms with Crippen molar-refractivity contribution in [1.29, 1.82) is 0 Å². The van der Waals surface area contributed by atoms with Crippen LogP contribution in [0.25, 0.3) is 0 Å². The van der Waals surface area contributed by atoms with Crippen LogP contribution in [0, 0.1) is 17.8 Å². The molecule has 21 heavy (non-hydrogen) atoms. The van der Waals surface area contributed by atoms with Crippen molar-refractivity contribution in [1.82, 2.24) is 10.2 Å². The maximum atomic E-state index is 3.83. The fourth-order valence-electron chi connectivity index (χ4n) is 4.51. The van der Waals surface area contributed by atoms with E-state index < -0.39 is 0 Å². The molecule has 124 valence electrons. The highest BCUT2D eigenvalue weighted by molar-refractivity contribution is 4.93. The molecule has 2 nitrogen and oxygen atoms in total. The zero-order valence-corrected chi connectivity index (χ0v) is 15.1. The summed E-state index contributed by atoms with van der Waals surface area (Å²) in [5, 5.41) is 3.83. The van der Waals surface area contributed by atoms with E-state index in [-0.39, 0.29) is 0 Å². The number of nitrogens with one attached hydrogen (secondary N) is 1. The predicted molar refractivity (Wildman–Crippen MR) is 92.6 cm³/mol. The Hall–Kier alpha value is -0.0800. The van der Waals surface area contributed by atoms with E-state index in [9.17, 15) is 0 Å². The Morgan fingerprint density at radius 3 is 2.24 bits per heavy atom. The van der Waals surface area contributed by atoms with Gasteiger partial charge in [-0.15, -0.1) is 0 Å². The summed E-state index contributed by atoms with van der Waals surface area (Å²) in [6.07, 6.45) is 8.52. The van der Waals surface area contributed by atoms with Gasteiger partial charge in [-0.2, -0.15) is 0 Å². The van der Waals surface area contributed by atoms with Gasteiger partial charge in [0.05, 0.1) is 0 Å². The van der Waals surface area contributed by atoms with Gasteiger partial charge in [-0.05, 0) is 49.9 Å². The molecule has 1 aliphatic carbocycles. The van der Waals surface area contributed by atoms with Gasteiger partial charge in [0, 0.05) is 31.2 Å². The Kier molecular flexibility index (Phi) is 6.55. The van der Waals surface area contributed by atoms with E-state index in [0.29, 0.717) is 6.04 Å². The van der Waals surface area contributed by atoms with E-state index >= 15 is 0 Å². The van der Waals surface area contributed by atoms with Crippen molar-refractivity contribution >= 4 is 0 Å². The normalized spacial score (nSPS) is 35.6. The van der Waals surface area contributed by atoms with Gasteiger partial charge in [-0.1, -0.05) is 41.0 Å². The molecule has 0 aromatic carbocycles. The highest BCUT2D eigenvalue weighted by atomic mass is 15.3. The molecule has 2 fully saturated rings. The van der Waals surface area contributed by atoms with Crippen LogP contribution in [0.3, 0.4) is 0 Å². The summed E-state index contributed by atoms with van der Waals surface area (Å²) in [5.41, 5.74) is 0. The van der Waals surface area contributed by atoms with Crippen LogP contribution in [0.4, 0.5) is 0 Å². The highest BCUT2D eigenvalue weighted by Gasteiger charge is 2.35. The molecule has 0 bridgehead atoms. The predicted octanol–water partition coefficient (Wildman–Crippen LogP) is 4.30. The molecule has 2 aliphatic rings. The molecule has 1 saturated carbocycles. The second-order valence-electron chi connectivity index (χ2n) is 8.33. The third-order valence-electron chi connectivity index (χ3n) is 5.86. The Labute approximate surface area is 133 Å². The molecule has 2 rings (SSSR count). The van der Waals surface area contributed by atoms with Crippen LogP contribution < -0.4 is 5.32 Å². The highest BCUT2D eigenvalue weighted by Crippen LogP contribution is 2.32. The van der Waals surface area contributed by atoms with Crippen molar-refractivity contribution in [3.05, 3.63) is 0 Å². The SMILES string of the molecule is CCC1CCC(N2CC(CC(C)C)NCC2C(C)C)CC1. The van der Waals surface area contributed by atoms with Crippen LogP contribution in [0.2, 0.25) is 0 Å². The van der Waals surface area contributed by atoms with E-state index in [0.717, 1.165) is 29.8 Å². The molecular formula is C19H38N2. The lowest BCUT2D eigenvalue weighted by atomic mass is 9.82. The van der Waals surface area contributed by atoms with E-state index in [1.54, 1.807) is 0 Å². The maximum Gasteiger partial charge on any atom is 0.0247 e. The second kappa shape index (κ2) is 7.97. The van der Waals surface area contributed by atoms with E-state index in [4.69, 9.17) is 0 Å². The fourth-order valence-corrected chi connectivity index (χ4v) is 4.51. The van der Waals surface area contributed by atoms with Gasteiger partial charge in [0.2, 0.25) is 0 Å². The minimum Gasteiger partial charge on any atom is -0.311 e. The number of hydrogen-bond donors (Lipinski definition) is 1. The lowest BCUT2D eigenvalue weighted by molar-refractivity contribution is 0.0284. The first kappa shape index (κ1) is 17.3. The van der Waals surface area contributed by atoms with Crippen molar-refractivity contribution < 1.29 is 0 Å². The van der Waals surface area contributed by atoms with Crippen LogP contribution >= 0.6 is 0 Å². The largest absolute Gasteiger partial charge is 0.311 e. The third-order valence-corrected chi connectivity index (χ3v) is 5.86. The summed E-state index contributed by atoms with van der Waals surface area (Å²) >= 11 is 0. The van der Waals surface area contributed by atoms with Gasteiger partial charge >= 0.3 is 0 Å². The van der Waals surface area contributed by atoms with Crippen molar-refractivity contribution in [2.75, 3.05) is 13.1 Å². The molecule has 2 atom stereocenters. The zero-order valence-electron chi connectivity index (χ0n) is 15.1. The van der Waals surface area contributed by atoms with Crippen LogP contribution in [0.15, 0.2) is 0 Å². The lowest BCUT2D eigenvalue weighted by Crippen LogP contribution is -2.61. The van der Waals surface area contributed by atoms with E-state index in [1.807, 2.05) is 0 Å². The van der Waals surface area contributed by atoms with Crippen LogP contribution in [0.5, 0.6) is 0 Å². The van der Waals surface area contributed by atoms with Crippen LogP contribution in [0.1, 0.15) is 73.1 Å². The quantitative estimate of drug-likeness (QED) is 0.813. The first-order valence-electron chi connectivity index (χ1n) is 9.50. The molecular weight excluding hydrogens is 256 g/mol. The summed E-state index contributed by atoms with van der Waals surface area (Å²) in [7, 11) is 0. The maximum absolute atomic E-state index is 3.83.